The van der Waals surface area contributed by atoms with E-state index in [4.69, 9.17) is 9.47 Å². The largest absolute Gasteiger partial charge is 0.454 e. The second kappa shape index (κ2) is 8.02. The highest BCUT2D eigenvalue weighted by Crippen LogP contribution is 2.41. The van der Waals surface area contributed by atoms with Gasteiger partial charge in [0.05, 0.1) is 0 Å². The van der Waals surface area contributed by atoms with Crippen molar-refractivity contribution in [2.24, 2.45) is 0 Å². The number of nitrogens with zero attached hydrogens (tertiary/aromatic N) is 3. The first-order valence-corrected chi connectivity index (χ1v) is 11.6. The number of rotatable bonds is 4. The van der Waals surface area contributed by atoms with Crippen LogP contribution in [0.25, 0.3) is 0 Å². The number of hydrogen-bond donors (Lipinski definition) is 1. The van der Waals surface area contributed by atoms with E-state index in [1.165, 1.54) is 0 Å². The van der Waals surface area contributed by atoms with E-state index in [1.807, 2.05) is 42.5 Å². The van der Waals surface area contributed by atoms with Gasteiger partial charge in [-0.1, -0.05) is 30.3 Å². The van der Waals surface area contributed by atoms with E-state index in [0.29, 0.717) is 19.5 Å². The number of amides is 4. The van der Waals surface area contributed by atoms with Gasteiger partial charge in [0.25, 0.3) is 5.91 Å². The van der Waals surface area contributed by atoms with Crippen molar-refractivity contribution < 1.29 is 23.9 Å². The van der Waals surface area contributed by atoms with Crippen LogP contribution in [0.1, 0.15) is 23.1 Å². The lowest BCUT2D eigenvalue weighted by atomic mass is 9.92. The molecule has 1 spiro atoms. The van der Waals surface area contributed by atoms with Gasteiger partial charge >= 0.3 is 6.03 Å². The number of carbonyl (C=O) groups excluding carboxylic acids is 3. The zero-order chi connectivity index (χ0) is 23.3. The van der Waals surface area contributed by atoms with E-state index in [2.05, 4.69) is 10.2 Å². The minimum absolute atomic E-state index is 0.199. The fourth-order valence-electron chi connectivity index (χ4n) is 5.42. The molecular formula is C25H26N4O5. The molecule has 1 aliphatic carbocycles. The highest BCUT2D eigenvalue weighted by molar-refractivity contribution is 6.09. The topological polar surface area (TPSA) is 91.4 Å². The Kier molecular flexibility index (Phi) is 4.95. The monoisotopic (exact) mass is 462 g/mol. The van der Waals surface area contributed by atoms with Gasteiger partial charge in [0, 0.05) is 32.7 Å². The molecule has 0 bridgehead atoms. The van der Waals surface area contributed by atoms with Crippen molar-refractivity contribution in [3.8, 4) is 11.5 Å². The maximum Gasteiger partial charge on any atom is 0.325 e. The Morgan fingerprint density at radius 2 is 1.79 bits per heavy atom. The molecule has 0 aromatic heterocycles. The van der Waals surface area contributed by atoms with Gasteiger partial charge in [-0.3, -0.25) is 19.4 Å². The molecule has 2 aromatic rings. The van der Waals surface area contributed by atoms with Crippen LogP contribution in [0.5, 0.6) is 11.5 Å². The third kappa shape index (κ3) is 3.38. The molecule has 4 aliphatic rings. The molecule has 3 aliphatic heterocycles. The highest BCUT2D eigenvalue weighted by Gasteiger charge is 2.55. The number of piperazine rings is 1. The Balaban J connectivity index is 1.06. The molecular weight excluding hydrogens is 436 g/mol. The summed E-state index contributed by atoms with van der Waals surface area (Å²) >= 11 is 0. The van der Waals surface area contributed by atoms with E-state index in [1.54, 1.807) is 4.90 Å². The van der Waals surface area contributed by atoms with Crippen molar-refractivity contribution in [3.05, 3.63) is 59.2 Å². The standard InChI is InChI=1S/C25H26N4O5/c30-22(15-29-23(31)25(26-24(29)32)8-7-18-3-1-2-4-19(18)25)28-11-9-27(10-12-28)14-17-5-6-20-21(13-17)34-16-33-20/h1-6,13H,7-12,14-16H2,(H,26,32)/t25-/m0/s1. The normalized spacial score (nSPS) is 23.5. The molecule has 2 fully saturated rings. The SMILES string of the molecule is O=C(CN1C(=O)N[C@]2(CCc3ccccc32)C1=O)N1CCN(Cc2ccc3c(c2)OCO3)CC1. The molecule has 1 N–H and O–H groups in total. The quantitative estimate of drug-likeness (QED) is 0.692. The van der Waals surface area contributed by atoms with E-state index < -0.39 is 11.6 Å². The maximum atomic E-state index is 13.3. The molecule has 3 heterocycles. The minimum Gasteiger partial charge on any atom is -0.454 e. The summed E-state index contributed by atoms with van der Waals surface area (Å²) in [5.41, 5.74) is 2.02. The van der Waals surface area contributed by atoms with E-state index in [0.717, 1.165) is 59.1 Å². The highest BCUT2D eigenvalue weighted by atomic mass is 16.7. The molecule has 0 radical (unpaired) electrons. The number of imide groups is 1. The molecule has 176 valence electrons. The van der Waals surface area contributed by atoms with E-state index in [-0.39, 0.29) is 25.2 Å². The summed E-state index contributed by atoms with van der Waals surface area (Å²) in [5.74, 6) is 1.01. The van der Waals surface area contributed by atoms with Gasteiger partial charge in [0.2, 0.25) is 12.7 Å². The zero-order valence-corrected chi connectivity index (χ0v) is 18.8. The fourth-order valence-corrected chi connectivity index (χ4v) is 5.42. The summed E-state index contributed by atoms with van der Waals surface area (Å²) in [4.78, 5) is 44.1. The molecule has 9 heteroatoms. The van der Waals surface area contributed by atoms with Gasteiger partial charge in [-0.15, -0.1) is 0 Å². The van der Waals surface area contributed by atoms with Gasteiger partial charge in [0.1, 0.15) is 12.1 Å². The Morgan fingerprint density at radius 1 is 1.00 bits per heavy atom. The van der Waals surface area contributed by atoms with Gasteiger partial charge in [-0.05, 0) is 41.7 Å². The molecule has 2 saturated heterocycles. The van der Waals surface area contributed by atoms with Crippen molar-refractivity contribution >= 4 is 17.8 Å². The zero-order valence-electron chi connectivity index (χ0n) is 18.8. The molecule has 4 amide bonds. The lowest BCUT2D eigenvalue weighted by Crippen LogP contribution is -2.51. The number of ether oxygens (including phenoxy) is 2. The van der Waals surface area contributed by atoms with Crippen LogP contribution in [0.2, 0.25) is 0 Å². The van der Waals surface area contributed by atoms with Gasteiger partial charge in [-0.2, -0.15) is 0 Å². The van der Waals surface area contributed by atoms with Crippen molar-refractivity contribution in [2.45, 2.75) is 24.9 Å². The summed E-state index contributed by atoms with van der Waals surface area (Å²) in [7, 11) is 0. The molecule has 34 heavy (non-hydrogen) atoms. The van der Waals surface area contributed by atoms with Crippen LogP contribution in [-0.4, -0.2) is 72.1 Å². The predicted octanol–water partition coefficient (Wildman–Crippen LogP) is 1.45. The molecule has 1 atom stereocenters. The lowest BCUT2D eigenvalue weighted by molar-refractivity contribution is -0.140. The van der Waals surface area contributed by atoms with E-state index >= 15 is 0 Å². The Hall–Kier alpha value is -3.59. The number of nitrogens with one attached hydrogen (secondary N) is 1. The summed E-state index contributed by atoms with van der Waals surface area (Å²) in [5, 5.41) is 2.88. The molecule has 0 unspecified atom stereocenters. The third-order valence-electron chi connectivity index (χ3n) is 7.28. The third-order valence-corrected chi connectivity index (χ3v) is 7.28. The van der Waals surface area contributed by atoms with Crippen molar-refractivity contribution in [1.82, 2.24) is 20.0 Å². The fraction of sp³-hybridized carbons (Fsp3) is 0.400. The first-order valence-electron chi connectivity index (χ1n) is 11.6. The smallest absolute Gasteiger partial charge is 0.325 e. The Labute approximate surface area is 197 Å². The number of fused-ring (bicyclic) bond motifs is 3. The molecule has 2 aromatic carbocycles. The summed E-state index contributed by atoms with van der Waals surface area (Å²) in [6.45, 7) is 3.34. The summed E-state index contributed by atoms with van der Waals surface area (Å²) < 4.78 is 10.8. The van der Waals surface area contributed by atoms with Gasteiger partial charge in [0.15, 0.2) is 11.5 Å². The van der Waals surface area contributed by atoms with E-state index in [9.17, 15) is 14.4 Å². The Bertz CT molecular complexity index is 1180. The number of urea groups is 1. The van der Waals surface area contributed by atoms with Crippen molar-refractivity contribution in [3.63, 3.8) is 0 Å². The maximum absolute atomic E-state index is 13.3. The second-order valence-electron chi connectivity index (χ2n) is 9.23. The molecule has 9 nitrogen and oxygen atoms in total. The van der Waals surface area contributed by atoms with Crippen molar-refractivity contribution in [1.29, 1.82) is 0 Å². The van der Waals surface area contributed by atoms with Crippen LogP contribution in [0, 0.1) is 0 Å². The average Bonchev–Trinajstić information content (AvgIpc) is 3.53. The number of hydrogen-bond acceptors (Lipinski definition) is 6. The Morgan fingerprint density at radius 3 is 2.65 bits per heavy atom. The first kappa shape index (κ1) is 21.0. The van der Waals surface area contributed by atoms with Crippen LogP contribution >= 0.6 is 0 Å². The van der Waals surface area contributed by atoms with Crippen molar-refractivity contribution in [2.75, 3.05) is 39.5 Å². The lowest BCUT2D eigenvalue weighted by Gasteiger charge is -2.35. The molecule has 0 saturated carbocycles. The van der Waals surface area contributed by atoms with Crippen LogP contribution < -0.4 is 14.8 Å². The number of aryl methyl sites for hydroxylation is 1. The second-order valence-corrected chi connectivity index (χ2v) is 9.23. The van der Waals surface area contributed by atoms with Crippen LogP contribution in [0.4, 0.5) is 4.79 Å². The minimum atomic E-state index is -1.03. The van der Waals surface area contributed by atoms with Crippen LogP contribution in [-0.2, 0) is 28.1 Å². The van der Waals surface area contributed by atoms with Crippen LogP contribution in [0.3, 0.4) is 0 Å². The number of benzene rings is 2. The van der Waals surface area contributed by atoms with Gasteiger partial charge < -0.3 is 19.7 Å². The predicted molar refractivity (Wildman–Crippen MR) is 121 cm³/mol. The first-order chi connectivity index (χ1) is 16.5. The van der Waals surface area contributed by atoms with Crippen LogP contribution in [0.15, 0.2) is 42.5 Å². The average molecular weight is 463 g/mol. The molecule has 6 rings (SSSR count). The summed E-state index contributed by atoms with van der Waals surface area (Å²) in [6, 6.07) is 13.1. The summed E-state index contributed by atoms with van der Waals surface area (Å²) in [6.07, 6.45) is 1.26. The van der Waals surface area contributed by atoms with Gasteiger partial charge in [-0.25, -0.2) is 4.79 Å². The number of carbonyl (C=O) groups is 3.